The third kappa shape index (κ3) is 11.3. The summed E-state index contributed by atoms with van der Waals surface area (Å²) in [6.07, 6.45) is 0. The molecule has 0 fully saturated rings. The van der Waals surface area contributed by atoms with Crippen molar-refractivity contribution in [3.05, 3.63) is 35.9 Å². The average Bonchev–Trinajstić information content (AvgIpc) is 2.51. The molecule has 5 heteroatoms. The molecule has 0 spiro atoms. The highest BCUT2D eigenvalue weighted by atomic mass is 32.2. The Morgan fingerprint density at radius 2 is 1.67 bits per heavy atom. The Morgan fingerprint density at radius 3 is 2.10 bits per heavy atom. The molecule has 0 heterocycles. The Morgan fingerprint density at radius 1 is 1.14 bits per heavy atom. The highest BCUT2D eigenvalue weighted by Gasteiger charge is 2.16. The number of rotatable bonds is 7. The summed E-state index contributed by atoms with van der Waals surface area (Å²) in [6.45, 7) is 9.49. The topological polar surface area (TPSA) is 58.2 Å². The monoisotopic (exact) mass is 314 g/mol. The normalized spacial score (nSPS) is 12.1. The molecule has 0 aliphatic heterocycles. The Kier molecular flexibility index (Phi) is 16.3. The molecule has 0 aliphatic rings. The Balaban J connectivity index is 0. The number of benzene rings is 1. The van der Waals surface area contributed by atoms with Gasteiger partial charge in [0.2, 0.25) is 0 Å². The quantitative estimate of drug-likeness (QED) is 0.760. The standard InChI is InChI=1S/C12H18N2O2S.2C2H6/c1-10(15)12(14-13-2)9-17(16)8-11-6-4-3-5-7-11;2*1-2/h3-7,12-14H,8-9H2,1-2H3;2*1-2H3. The first-order valence-corrected chi connectivity index (χ1v) is 8.94. The fraction of sp³-hybridized carbons (Fsp3) is 0.562. The summed E-state index contributed by atoms with van der Waals surface area (Å²) in [5.74, 6) is 0.793. The number of Topliss-reactive ketones (excluding diaryl/α,β-unsaturated/α-hetero) is 1. The first kappa shape index (κ1) is 22.2. The zero-order valence-corrected chi connectivity index (χ0v) is 14.9. The van der Waals surface area contributed by atoms with Crippen LogP contribution in [-0.4, -0.2) is 28.8 Å². The van der Waals surface area contributed by atoms with Gasteiger partial charge in [0.05, 0.1) is 6.04 Å². The highest BCUT2D eigenvalue weighted by molar-refractivity contribution is 7.84. The summed E-state index contributed by atoms with van der Waals surface area (Å²) in [5, 5.41) is 0. The van der Waals surface area contributed by atoms with E-state index in [1.807, 2.05) is 58.0 Å². The molecule has 0 amide bonds. The van der Waals surface area contributed by atoms with Crippen LogP contribution in [-0.2, 0) is 21.3 Å². The van der Waals surface area contributed by atoms with Crippen LogP contribution in [0.1, 0.15) is 40.2 Å². The van der Waals surface area contributed by atoms with Gasteiger partial charge in [-0.3, -0.25) is 14.4 Å². The first-order chi connectivity index (χ1) is 10.1. The van der Waals surface area contributed by atoms with Crippen LogP contribution < -0.4 is 10.9 Å². The van der Waals surface area contributed by atoms with Crippen LogP contribution in [0.2, 0.25) is 0 Å². The molecule has 122 valence electrons. The van der Waals surface area contributed by atoms with Gasteiger partial charge in [0.25, 0.3) is 0 Å². The molecule has 2 unspecified atom stereocenters. The molecule has 21 heavy (non-hydrogen) atoms. The van der Waals surface area contributed by atoms with Gasteiger partial charge in [0.1, 0.15) is 5.78 Å². The molecule has 0 aliphatic carbocycles. The van der Waals surface area contributed by atoms with E-state index in [-0.39, 0.29) is 5.78 Å². The molecule has 0 saturated heterocycles. The van der Waals surface area contributed by atoms with Crippen LogP contribution in [0.25, 0.3) is 0 Å². The van der Waals surface area contributed by atoms with Crippen LogP contribution >= 0.6 is 0 Å². The second-order valence-corrected chi connectivity index (χ2v) is 5.30. The lowest BCUT2D eigenvalue weighted by Gasteiger charge is -2.14. The van der Waals surface area contributed by atoms with E-state index in [0.29, 0.717) is 11.5 Å². The minimum atomic E-state index is -1.05. The van der Waals surface area contributed by atoms with Crippen LogP contribution in [0.3, 0.4) is 0 Å². The van der Waals surface area contributed by atoms with E-state index in [9.17, 15) is 9.00 Å². The van der Waals surface area contributed by atoms with Crippen molar-refractivity contribution < 1.29 is 9.00 Å². The maximum Gasteiger partial charge on any atom is 0.148 e. The third-order valence-corrected chi connectivity index (χ3v) is 3.69. The molecule has 1 aromatic rings. The number of hydrogen-bond donors (Lipinski definition) is 2. The van der Waals surface area contributed by atoms with Gasteiger partial charge >= 0.3 is 0 Å². The second kappa shape index (κ2) is 15.4. The maximum atomic E-state index is 11.9. The average molecular weight is 314 g/mol. The van der Waals surface area contributed by atoms with E-state index in [1.165, 1.54) is 6.92 Å². The van der Waals surface area contributed by atoms with Gasteiger partial charge in [0, 0.05) is 22.3 Å². The van der Waals surface area contributed by atoms with Gasteiger partial charge in [-0.15, -0.1) is 0 Å². The van der Waals surface area contributed by atoms with Gasteiger partial charge in [-0.25, -0.2) is 5.43 Å². The predicted molar refractivity (Wildman–Crippen MR) is 92.5 cm³/mol. The predicted octanol–water partition coefficient (Wildman–Crippen LogP) is 2.67. The summed E-state index contributed by atoms with van der Waals surface area (Å²) in [5.41, 5.74) is 6.54. The van der Waals surface area contributed by atoms with E-state index in [1.54, 1.807) is 7.05 Å². The molecule has 2 atom stereocenters. The fourth-order valence-corrected chi connectivity index (χ4v) is 2.81. The Hall–Kier alpha value is -1.04. The van der Waals surface area contributed by atoms with Crippen molar-refractivity contribution in [3.63, 3.8) is 0 Å². The lowest BCUT2D eigenvalue weighted by atomic mass is 10.2. The van der Waals surface area contributed by atoms with Crippen LogP contribution in [0.5, 0.6) is 0 Å². The molecule has 4 nitrogen and oxygen atoms in total. The van der Waals surface area contributed by atoms with Gasteiger partial charge in [0.15, 0.2) is 0 Å². The zero-order chi connectivity index (χ0) is 16.7. The smallest absolute Gasteiger partial charge is 0.148 e. The van der Waals surface area contributed by atoms with Crippen molar-refractivity contribution in [2.24, 2.45) is 0 Å². The van der Waals surface area contributed by atoms with E-state index in [0.717, 1.165) is 5.56 Å². The minimum Gasteiger partial charge on any atom is -0.298 e. The van der Waals surface area contributed by atoms with Crippen molar-refractivity contribution in [2.75, 3.05) is 12.8 Å². The van der Waals surface area contributed by atoms with Gasteiger partial charge in [-0.1, -0.05) is 58.0 Å². The lowest BCUT2D eigenvalue weighted by Crippen LogP contribution is -2.46. The summed E-state index contributed by atoms with van der Waals surface area (Å²) >= 11 is 0. The van der Waals surface area contributed by atoms with E-state index in [4.69, 9.17) is 0 Å². The maximum absolute atomic E-state index is 11.9. The van der Waals surface area contributed by atoms with E-state index >= 15 is 0 Å². The molecule has 2 N–H and O–H groups in total. The van der Waals surface area contributed by atoms with Crippen molar-refractivity contribution in [3.8, 4) is 0 Å². The first-order valence-electron chi connectivity index (χ1n) is 7.45. The molecule has 0 saturated carbocycles. The minimum absolute atomic E-state index is 0.0132. The molecule has 1 rings (SSSR count). The molecule has 0 bridgehead atoms. The van der Waals surface area contributed by atoms with E-state index in [2.05, 4.69) is 10.9 Å². The van der Waals surface area contributed by atoms with Crippen molar-refractivity contribution in [1.82, 2.24) is 10.9 Å². The lowest BCUT2D eigenvalue weighted by molar-refractivity contribution is -0.118. The molecule has 1 aromatic carbocycles. The van der Waals surface area contributed by atoms with Crippen LogP contribution in [0, 0.1) is 0 Å². The van der Waals surface area contributed by atoms with Crippen molar-refractivity contribution in [1.29, 1.82) is 0 Å². The second-order valence-electron chi connectivity index (χ2n) is 3.79. The SMILES string of the molecule is CC.CC.CNNC(CS(=O)Cc1ccccc1)C(C)=O. The number of nitrogens with one attached hydrogen (secondary N) is 2. The number of hydrazine groups is 1. The fourth-order valence-electron chi connectivity index (χ4n) is 1.44. The van der Waals surface area contributed by atoms with Crippen molar-refractivity contribution in [2.45, 2.75) is 46.4 Å². The van der Waals surface area contributed by atoms with Crippen LogP contribution in [0.15, 0.2) is 30.3 Å². The van der Waals surface area contributed by atoms with Crippen LogP contribution in [0.4, 0.5) is 0 Å². The number of hydrogen-bond acceptors (Lipinski definition) is 4. The molecule has 0 radical (unpaired) electrons. The molecule has 0 aromatic heterocycles. The molecular formula is C16H30N2O2S. The largest absolute Gasteiger partial charge is 0.298 e. The van der Waals surface area contributed by atoms with Gasteiger partial charge in [-0.2, -0.15) is 0 Å². The summed E-state index contributed by atoms with van der Waals surface area (Å²) in [7, 11) is 0.644. The van der Waals surface area contributed by atoms with Gasteiger partial charge < -0.3 is 0 Å². The number of ketones is 1. The molecular weight excluding hydrogens is 284 g/mol. The Labute approximate surface area is 132 Å². The third-order valence-electron chi connectivity index (χ3n) is 2.33. The van der Waals surface area contributed by atoms with Crippen molar-refractivity contribution >= 4 is 16.6 Å². The summed E-state index contributed by atoms with van der Waals surface area (Å²) in [6, 6.07) is 9.23. The Bertz CT molecular complexity index is 383. The number of carbonyl (C=O) groups excluding carboxylic acids is 1. The highest BCUT2D eigenvalue weighted by Crippen LogP contribution is 2.04. The van der Waals surface area contributed by atoms with Gasteiger partial charge in [-0.05, 0) is 19.5 Å². The van der Waals surface area contributed by atoms with E-state index < -0.39 is 16.8 Å². The summed E-state index contributed by atoms with van der Waals surface area (Å²) in [4.78, 5) is 11.3. The zero-order valence-electron chi connectivity index (χ0n) is 14.1. The summed E-state index contributed by atoms with van der Waals surface area (Å²) < 4.78 is 11.9. The number of carbonyl (C=O) groups is 1.